The molecule has 0 heteroatoms. The third kappa shape index (κ3) is 4.79. The van der Waals surface area contributed by atoms with Crippen LogP contribution in [0.1, 0.15) is 33.6 Å². The SMILES string of the molecule is C#C/C=C(\C=C/CCC)C(C)C. The van der Waals surface area contributed by atoms with Crippen molar-refractivity contribution in [1.29, 1.82) is 0 Å². The maximum Gasteiger partial charge on any atom is -0.00870 e. The molecular formula is C12H18. The fourth-order valence-corrected chi connectivity index (χ4v) is 0.890. The van der Waals surface area contributed by atoms with Gasteiger partial charge in [-0.05, 0) is 24.0 Å². The van der Waals surface area contributed by atoms with Gasteiger partial charge < -0.3 is 0 Å². The first-order valence-corrected chi connectivity index (χ1v) is 4.55. The average Bonchev–Trinajstić information content (AvgIpc) is 2.03. The summed E-state index contributed by atoms with van der Waals surface area (Å²) >= 11 is 0. The van der Waals surface area contributed by atoms with Gasteiger partial charge in [-0.2, -0.15) is 0 Å². The van der Waals surface area contributed by atoms with E-state index in [2.05, 4.69) is 38.8 Å². The molecule has 0 bridgehead atoms. The lowest BCUT2D eigenvalue weighted by molar-refractivity contribution is 0.790. The van der Waals surface area contributed by atoms with Crippen LogP contribution in [0.3, 0.4) is 0 Å². The second-order valence-electron chi connectivity index (χ2n) is 3.16. The van der Waals surface area contributed by atoms with Crippen molar-refractivity contribution >= 4 is 0 Å². The lowest BCUT2D eigenvalue weighted by Crippen LogP contribution is -1.89. The van der Waals surface area contributed by atoms with Crippen LogP contribution in [0.5, 0.6) is 0 Å². The maximum absolute atomic E-state index is 5.21. The van der Waals surface area contributed by atoms with Crippen LogP contribution in [-0.2, 0) is 0 Å². The largest absolute Gasteiger partial charge is 0.115 e. The molecule has 0 atom stereocenters. The Morgan fingerprint density at radius 3 is 2.58 bits per heavy atom. The number of hydrogen-bond donors (Lipinski definition) is 0. The first-order chi connectivity index (χ1) is 5.72. The molecule has 12 heavy (non-hydrogen) atoms. The fraction of sp³-hybridized carbons (Fsp3) is 0.500. The maximum atomic E-state index is 5.21. The zero-order chi connectivity index (χ0) is 9.40. The third-order valence-electron chi connectivity index (χ3n) is 1.68. The number of rotatable bonds is 4. The van der Waals surface area contributed by atoms with Gasteiger partial charge in [-0.15, -0.1) is 6.42 Å². The lowest BCUT2D eigenvalue weighted by atomic mass is 10.0. The molecule has 0 saturated heterocycles. The van der Waals surface area contributed by atoms with E-state index in [1.807, 2.05) is 6.08 Å². The van der Waals surface area contributed by atoms with Gasteiger partial charge >= 0.3 is 0 Å². The fourth-order valence-electron chi connectivity index (χ4n) is 0.890. The molecule has 0 heterocycles. The van der Waals surface area contributed by atoms with Crippen molar-refractivity contribution in [2.24, 2.45) is 5.92 Å². The molecule has 0 aliphatic rings. The molecule has 0 aromatic carbocycles. The highest BCUT2D eigenvalue weighted by Gasteiger charge is 1.96. The van der Waals surface area contributed by atoms with E-state index in [0.29, 0.717) is 5.92 Å². The summed E-state index contributed by atoms with van der Waals surface area (Å²) in [6.07, 6.45) is 13.7. The number of terminal acetylenes is 1. The molecule has 0 unspecified atom stereocenters. The average molecular weight is 162 g/mol. The Labute approximate surface area is 76.4 Å². The third-order valence-corrected chi connectivity index (χ3v) is 1.68. The number of allylic oxidation sites excluding steroid dienone is 4. The zero-order valence-corrected chi connectivity index (χ0v) is 8.30. The van der Waals surface area contributed by atoms with Crippen LogP contribution in [0, 0.1) is 18.3 Å². The molecule has 0 fully saturated rings. The molecule has 0 rings (SSSR count). The number of unbranched alkanes of at least 4 members (excludes halogenated alkanes) is 1. The molecule has 0 aliphatic heterocycles. The zero-order valence-electron chi connectivity index (χ0n) is 8.30. The molecule has 66 valence electrons. The predicted octanol–water partition coefficient (Wildman–Crippen LogP) is 3.56. The second kappa shape index (κ2) is 6.73. The molecule has 0 N–H and O–H groups in total. The van der Waals surface area contributed by atoms with Gasteiger partial charge in [0.25, 0.3) is 0 Å². The van der Waals surface area contributed by atoms with Crippen molar-refractivity contribution in [3.8, 4) is 12.3 Å². The topological polar surface area (TPSA) is 0 Å². The molecule has 0 nitrogen and oxygen atoms in total. The molecule has 0 spiro atoms. The number of hydrogen-bond acceptors (Lipinski definition) is 0. The van der Waals surface area contributed by atoms with Crippen LogP contribution in [-0.4, -0.2) is 0 Å². The normalized spacial score (nSPS) is 12.4. The minimum atomic E-state index is 0.522. The Hall–Kier alpha value is -0.960. The van der Waals surface area contributed by atoms with Crippen LogP contribution >= 0.6 is 0 Å². The molecule has 0 saturated carbocycles. The van der Waals surface area contributed by atoms with E-state index < -0.39 is 0 Å². The van der Waals surface area contributed by atoms with Gasteiger partial charge in [0.05, 0.1) is 0 Å². The Bertz CT molecular complexity index is 199. The highest BCUT2D eigenvalue weighted by molar-refractivity contribution is 5.28. The summed E-state index contributed by atoms with van der Waals surface area (Å²) in [6.45, 7) is 6.48. The molecule has 0 aromatic rings. The summed E-state index contributed by atoms with van der Waals surface area (Å²) in [7, 11) is 0. The van der Waals surface area contributed by atoms with Gasteiger partial charge in [-0.25, -0.2) is 0 Å². The minimum Gasteiger partial charge on any atom is -0.115 e. The summed E-state index contributed by atoms with van der Waals surface area (Å²) in [6, 6.07) is 0. The molecule has 0 aromatic heterocycles. The van der Waals surface area contributed by atoms with Crippen molar-refractivity contribution < 1.29 is 0 Å². The summed E-state index contributed by atoms with van der Waals surface area (Å²) in [5, 5.41) is 0. The first kappa shape index (κ1) is 11.0. The van der Waals surface area contributed by atoms with E-state index in [1.54, 1.807) is 0 Å². The van der Waals surface area contributed by atoms with E-state index >= 15 is 0 Å². The molecule has 0 amide bonds. The van der Waals surface area contributed by atoms with Crippen molar-refractivity contribution in [2.75, 3.05) is 0 Å². The predicted molar refractivity (Wildman–Crippen MR) is 55.8 cm³/mol. The Kier molecular flexibility index (Phi) is 6.19. The van der Waals surface area contributed by atoms with Crippen LogP contribution in [0.25, 0.3) is 0 Å². The van der Waals surface area contributed by atoms with Crippen molar-refractivity contribution in [3.05, 3.63) is 23.8 Å². The Morgan fingerprint density at radius 1 is 1.50 bits per heavy atom. The quantitative estimate of drug-likeness (QED) is 0.438. The van der Waals surface area contributed by atoms with Crippen LogP contribution in [0.15, 0.2) is 23.8 Å². The highest BCUT2D eigenvalue weighted by Crippen LogP contribution is 2.10. The minimum absolute atomic E-state index is 0.522. The van der Waals surface area contributed by atoms with Crippen LogP contribution < -0.4 is 0 Å². The molecule has 0 aliphatic carbocycles. The summed E-state index contributed by atoms with van der Waals surface area (Å²) < 4.78 is 0. The Morgan fingerprint density at radius 2 is 2.17 bits per heavy atom. The monoisotopic (exact) mass is 162 g/mol. The highest BCUT2D eigenvalue weighted by atomic mass is 14.0. The van der Waals surface area contributed by atoms with E-state index in [4.69, 9.17) is 6.42 Å². The van der Waals surface area contributed by atoms with Gasteiger partial charge in [0.2, 0.25) is 0 Å². The summed E-state index contributed by atoms with van der Waals surface area (Å²) in [5.41, 5.74) is 1.24. The summed E-state index contributed by atoms with van der Waals surface area (Å²) in [4.78, 5) is 0. The van der Waals surface area contributed by atoms with Crippen LogP contribution in [0.2, 0.25) is 0 Å². The second-order valence-corrected chi connectivity index (χ2v) is 3.16. The summed E-state index contributed by atoms with van der Waals surface area (Å²) in [5.74, 6) is 3.09. The van der Waals surface area contributed by atoms with Gasteiger partial charge in [-0.1, -0.05) is 45.3 Å². The van der Waals surface area contributed by atoms with Crippen LogP contribution in [0.4, 0.5) is 0 Å². The van der Waals surface area contributed by atoms with Crippen molar-refractivity contribution in [3.63, 3.8) is 0 Å². The molecular weight excluding hydrogens is 144 g/mol. The van der Waals surface area contributed by atoms with E-state index in [1.165, 1.54) is 12.0 Å². The van der Waals surface area contributed by atoms with E-state index in [9.17, 15) is 0 Å². The van der Waals surface area contributed by atoms with Gasteiger partial charge in [-0.3, -0.25) is 0 Å². The van der Waals surface area contributed by atoms with E-state index in [0.717, 1.165) is 6.42 Å². The van der Waals surface area contributed by atoms with E-state index in [-0.39, 0.29) is 0 Å². The first-order valence-electron chi connectivity index (χ1n) is 4.55. The van der Waals surface area contributed by atoms with Crippen molar-refractivity contribution in [2.45, 2.75) is 33.6 Å². The van der Waals surface area contributed by atoms with Gasteiger partial charge in [0, 0.05) is 0 Å². The molecule has 0 radical (unpaired) electrons. The van der Waals surface area contributed by atoms with Gasteiger partial charge in [0.15, 0.2) is 0 Å². The van der Waals surface area contributed by atoms with Crippen molar-refractivity contribution in [1.82, 2.24) is 0 Å². The standard InChI is InChI=1S/C12H18/c1-5-7-8-10-12(9-6-2)11(3)4/h2,8-11H,5,7H2,1,3-4H3/b10-8-,12-9+. The van der Waals surface area contributed by atoms with Gasteiger partial charge in [0.1, 0.15) is 0 Å². The lowest BCUT2D eigenvalue weighted by Gasteiger charge is -2.03. The smallest absolute Gasteiger partial charge is 0.00870 e. The Balaban J connectivity index is 4.17.